The molecule has 0 saturated carbocycles. The fourth-order valence-corrected chi connectivity index (χ4v) is 3.57. The van der Waals surface area contributed by atoms with Gasteiger partial charge in [0, 0.05) is 19.2 Å². The van der Waals surface area contributed by atoms with E-state index in [-0.39, 0.29) is 17.7 Å². The molecule has 0 radical (unpaired) electrons. The molecule has 0 aromatic heterocycles. The maximum Gasteiger partial charge on any atom is 0.243 e. The maximum absolute atomic E-state index is 12.0. The summed E-state index contributed by atoms with van der Waals surface area (Å²) in [5.41, 5.74) is 6.14. The fourth-order valence-electron chi connectivity index (χ4n) is 3.27. The Balaban J connectivity index is 1.77. The van der Waals surface area contributed by atoms with Gasteiger partial charge in [0.1, 0.15) is 0 Å². The van der Waals surface area contributed by atoms with E-state index >= 15 is 0 Å². The van der Waals surface area contributed by atoms with Crippen LogP contribution in [-0.2, 0) is 9.59 Å². The molecule has 154 valence electrons. The summed E-state index contributed by atoms with van der Waals surface area (Å²) in [6.45, 7) is 3.08. The van der Waals surface area contributed by atoms with Gasteiger partial charge < -0.3 is 25.4 Å². The quantitative estimate of drug-likeness (QED) is 0.481. The molecule has 1 saturated heterocycles. The van der Waals surface area contributed by atoms with Crippen LogP contribution < -0.4 is 20.5 Å². The lowest BCUT2D eigenvalue weighted by atomic mass is 9.97. The molecule has 2 rings (SSSR count). The van der Waals surface area contributed by atoms with E-state index in [2.05, 4.69) is 10.2 Å². The highest BCUT2D eigenvalue weighted by Gasteiger charge is 2.23. The van der Waals surface area contributed by atoms with Gasteiger partial charge in [0.2, 0.25) is 11.8 Å². The van der Waals surface area contributed by atoms with Crippen molar-refractivity contribution in [1.29, 1.82) is 0 Å². The van der Waals surface area contributed by atoms with Crippen LogP contribution in [0.1, 0.15) is 24.8 Å². The Hall–Kier alpha value is -2.25. The van der Waals surface area contributed by atoms with Crippen molar-refractivity contribution >= 4 is 29.5 Å². The van der Waals surface area contributed by atoms with Crippen molar-refractivity contribution in [2.45, 2.75) is 19.3 Å². The van der Waals surface area contributed by atoms with Crippen LogP contribution >= 0.6 is 11.6 Å². The zero-order valence-electron chi connectivity index (χ0n) is 16.4. The molecule has 28 heavy (non-hydrogen) atoms. The SMILES string of the molecule is COc1cc(/C=C/C(=O)NCCCN2CCCC(C(N)=O)C2)cc(Cl)c1OC. The topological polar surface area (TPSA) is 93.9 Å². The number of nitrogens with two attached hydrogens (primary N) is 1. The van der Waals surface area contributed by atoms with Gasteiger partial charge in [-0.25, -0.2) is 0 Å². The summed E-state index contributed by atoms with van der Waals surface area (Å²) < 4.78 is 10.4. The summed E-state index contributed by atoms with van der Waals surface area (Å²) in [6, 6.07) is 3.46. The number of nitrogens with one attached hydrogen (secondary N) is 1. The Bertz CT molecular complexity index is 724. The zero-order valence-corrected chi connectivity index (χ0v) is 17.1. The van der Waals surface area contributed by atoms with Gasteiger partial charge in [-0.15, -0.1) is 0 Å². The minimum absolute atomic E-state index is 0.0559. The highest BCUT2D eigenvalue weighted by atomic mass is 35.5. The van der Waals surface area contributed by atoms with Gasteiger partial charge in [0.05, 0.1) is 25.2 Å². The van der Waals surface area contributed by atoms with Gasteiger partial charge in [-0.3, -0.25) is 9.59 Å². The van der Waals surface area contributed by atoms with Gasteiger partial charge in [-0.05, 0) is 56.1 Å². The molecule has 1 aliphatic rings. The second-order valence-corrected chi connectivity index (χ2v) is 7.17. The number of hydrogen-bond donors (Lipinski definition) is 2. The van der Waals surface area contributed by atoms with Crippen molar-refractivity contribution in [3.63, 3.8) is 0 Å². The number of nitrogens with zero attached hydrogens (tertiary/aromatic N) is 1. The molecule has 1 aliphatic heterocycles. The van der Waals surface area contributed by atoms with Gasteiger partial charge >= 0.3 is 0 Å². The van der Waals surface area contributed by atoms with E-state index in [0.717, 1.165) is 37.9 Å². The molecule has 1 unspecified atom stereocenters. The minimum Gasteiger partial charge on any atom is -0.493 e. The summed E-state index contributed by atoms with van der Waals surface area (Å²) in [5.74, 6) is 0.505. The molecule has 1 aromatic rings. The van der Waals surface area contributed by atoms with Crippen LogP contribution in [0.3, 0.4) is 0 Å². The molecular formula is C20H28ClN3O4. The first kappa shape index (κ1) is 22.0. The first-order valence-corrected chi connectivity index (χ1v) is 9.71. The Morgan fingerprint density at radius 2 is 2.14 bits per heavy atom. The van der Waals surface area contributed by atoms with E-state index in [0.29, 0.717) is 29.6 Å². The molecule has 7 nitrogen and oxygen atoms in total. The average Bonchev–Trinajstić information content (AvgIpc) is 2.69. The summed E-state index contributed by atoms with van der Waals surface area (Å²) in [5, 5.41) is 3.27. The molecular weight excluding hydrogens is 382 g/mol. The monoisotopic (exact) mass is 409 g/mol. The van der Waals surface area contributed by atoms with E-state index in [1.54, 1.807) is 18.2 Å². The van der Waals surface area contributed by atoms with E-state index in [9.17, 15) is 9.59 Å². The van der Waals surface area contributed by atoms with Crippen LogP contribution in [0.4, 0.5) is 0 Å². The zero-order chi connectivity index (χ0) is 20.5. The maximum atomic E-state index is 12.0. The molecule has 3 N–H and O–H groups in total. The summed E-state index contributed by atoms with van der Waals surface area (Å²) in [6.07, 6.45) is 5.80. The van der Waals surface area contributed by atoms with Gasteiger partial charge in [-0.1, -0.05) is 11.6 Å². The number of piperidine rings is 1. The van der Waals surface area contributed by atoms with Crippen molar-refractivity contribution in [2.24, 2.45) is 11.7 Å². The number of ether oxygens (including phenoxy) is 2. The van der Waals surface area contributed by atoms with Crippen LogP contribution in [0.25, 0.3) is 6.08 Å². The normalized spacial score (nSPS) is 17.5. The molecule has 1 aromatic carbocycles. The highest BCUT2D eigenvalue weighted by molar-refractivity contribution is 6.32. The standard InChI is InChI=1S/C20H28ClN3O4/c1-27-17-12-14(11-16(21)19(17)28-2)6-7-18(25)23-8-4-10-24-9-3-5-15(13-24)20(22)26/h6-7,11-12,15H,3-5,8-10,13H2,1-2H3,(H2,22,26)(H,23,25)/b7-6+. The van der Waals surface area contributed by atoms with E-state index in [1.807, 2.05) is 0 Å². The number of hydrogen-bond acceptors (Lipinski definition) is 5. The average molecular weight is 410 g/mol. The smallest absolute Gasteiger partial charge is 0.243 e. The Morgan fingerprint density at radius 3 is 2.82 bits per heavy atom. The third kappa shape index (κ3) is 6.42. The van der Waals surface area contributed by atoms with Crippen molar-refractivity contribution in [1.82, 2.24) is 10.2 Å². The van der Waals surface area contributed by atoms with E-state index in [1.165, 1.54) is 20.3 Å². The number of halogens is 1. The number of amides is 2. The summed E-state index contributed by atoms with van der Waals surface area (Å²) in [4.78, 5) is 25.6. The second kappa shape index (κ2) is 10.9. The number of methoxy groups -OCH3 is 2. The van der Waals surface area contributed by atoms with Crippen LogP contribution in [0.15, 0.2) is 18.2 Å². The van der Waals surface area contributed by atoms with Gasteiger partial charge in [0.25, 0.3) is 0 Å². The number of rotatable bonds is 9. The lowest BCUT2D eigenvalue weighted by Crippen LogP contribution is -2.42. The number of carbonyl (C=O) groups is 2. The van der Waals surface area contributed by atoms with Crippen LogP contribution in [0.5, 0.6) is 11.5 Å². The molecule has 0 spiro atoms. The third-order valence-corrected chi connectivity index (χ3v) is 5.02. The molecule has 8 heteroatoms. The number of likely N-dealkylation sites (tertiary alicyclic amines) is 1. The molecule has 1 fully saturated rings. The Labute approximate surface area is 170 Å². The predicted octanol–water partition coefficient (Wildman–Crippen LogP) is 2.07. The summed E-state index contributed by atoms with van der Waals surface area (Å²) in [7, 11) is 3.05. The number of carbonyl (C=O) groups excluding carboxylic acids is 2. The second-order valence-electron chi connectivity index (χ2n) is 6.76. The minimum atomic E-state index is -0.224. The van der Waals surface area contributed by atoms with Crippen LogP contribution in [0.2, 0.25) is 5.02 Å². The molecule has 1 atom stereocenters. The van der Waals surface area contributed by atoms with Crippen molar-refractivity contribution in [3.8, 4) is 11.5 Å². The lowest BCUT2D eigenvalue weighted by molar-refractivity contribution is -0.123. The largest absolute Gasteiger partial charge is 0.493 e. The molecule has 0 bridgehead atoms. The Kier molecular flexibility index (Phi) is 8.60. The first-order valence-electron chi connectivity index (χ1n) is 9.33. The number of primary amides is 1. The van der Waals surface area contributed by atoms with Crippen molar-refractivity contribution < 1.29 is 19.1 Å². The van der Waals surface area contributed by atoms with E-state index < -0.39 is 0 Å². The summed E-state index contributed by atoms with van der Waals surface area (Å²) >= 11 is 6.16. The van der Waals surface area contributed by atoms with Gasteiger partial charge in [0.15, 0.2) is 11.5 Å². The van der Waals surface area contributed by atoms with Crippen molar-refractivity contribution in [3.05, 3.63) is 28.8 Å². The fraction of sp³-hybridized carbons (Fsp3) is 0.500. The predicted molar refractivity (Wildman–Crippen MR) is 110 cm³/mol. The first-order chi connectivity index (χ1) is 13.4. The van der Waals surface area contributed by atoms with Crippen LogP contribution in [0, 0.1) is 5.92 Å². The Morgan fingerprint density at radius 1 is 1.36 bits per heavy atom. The highest BCUT2D eigenvalue weighted by Crippen LogP contribution is 2.36. The van der Waals surface area contributed by atoms with E-state index in [4.69, 9.17) is 26.8 Å². The van der Waals surface area contributed by atoms with Crippen LogP contribution in [-0.4, -0.2) is 57.1 Å². The van der Waals surface area contributed by atoms with Crippen molar-refractivity contribution in [2.75, 3.05) is 40.4 Å². The third-order valence-electron chi connectivity index (χ3n) is 4.74. The lowest BCUT2D eigenvalue weighted by Gasteiger charge is -2.31. The molecule has 2 amide bonds. The number of benzene rings is 1. The van der Waals surface area contributed by atoms with Gasteiger partial charge in [-0.2, -0.15) is 0 Å². The molecule has 0 aliphatic carbocycles. The molecule has 1 heterocycles.